The summed E-state index contributed by atoms with van der Waals surface area (Å²) < 4.78 is 1.85. The number of aliphatic imine (C=N–C) groups is 1. The summed E-state index contributed by atoms with van der Waals surface area (Å²) in [7, 11) is 3.62. The zero-order valence-corrected chi connectivity index (χ0v) is 16.7. The number of rotatable bonds is 5. The Morgan fingerprint density at radius 3 is 2.56 bits per heavy atom. The second-order valence-electron chi connectivity index (χ2n) is 6.03. The minimum absolute atomic E-state index is 0.530. The fourth-order valence-electron chi connectivity index (χ4n) is 2.71. The van der Waals surface area contributed by atoms with Gasteiger partial charge in [-0.05, 0) is 29.8 Å². The van der Waals surface area contributed by atoms with Crippen molar-refractivity contribution < 1.29 is 0 Å². The van der Waals surface area contributed by atoms with Crippen LogP contribution in [0, 0.1) is 0 Å². The van der Waals surface area contributed by atoms with Crippen molar-refractivity contribution >= 4 is 29.2 Å². The average molecular weight is 402 g/mol. The minimum atomic E-state index is 0.530. The molecule has 27 heavy (non-hydrogen) atoms. The normalized spacial score (nSPS) is 11.5. The van der Waals surface area contributed by atoms with Crippen LogP contribution in [0.2, 0.25) is 10.2 Å². The molecule has 0 amide bonds. The van der Waals surface area contributed by atoms with Gasteiger partial charge in [0.25, 0.3) is 0 Å². The fourth-order valence-corrected chi connectivity index (χ4v) is 3.13. The number of halogens is 2. The standard InChI is InChI=1S/C20H21Cl2N5/c1-23-20(26-13-16-11-17(21)19(22)27(16)2)25-12-14-6-5-7-15(10-14)18-8-3-4-9-24-18/h3-11H,12-13H2,1-2H3,(H2,23,25,26). The van der Waals surface area contributed by atoms with Gasteiger partial charge in [0.2, 0.25) is 0 Å². The van der Waals surface area contributed by atoms with Crippen LogP contribution in [0.5, 0.6) is 0 Å². The summed E-state index contributed by atoms with van der Waals surface area (Å²) in [5.41, 5.74) is 4.17. The highest BCUT2D eigenvalue weighted by molar-refractivity contribution is 6.41. The van der Waals surface area contributed by atoms with Crippen LogP contribution in [0.25, 0.3) is 11.3 Å². The van der Waals surface area contributed by atoms with Crippen molar-refractivity contribution in [2.45, 2.75) is 13.1 Å². The molecule has 0 aliphatic rings. The Kier molecular flexibility index (Phi) is 6.37. The van der Waals surface area contributed by atoms with Crippen molar-refractivity contribution in [3.05, 3.63) is 76.2 Å². The number of hydrogen-bond donors (Lipinski definition) is 2. The number of hydrogen-bond acceptors (Lipinski definition) is 2. The van der Waals surface area contributed by atoms with Crippen LogP contribution in [-0.2, 0) is 20.1 Å². The zero-order chi connectivity index (χ0) is 19.2. The topological polar surface area (TPSA) is 54.2 Å². The summed E-state index contributed by atoms with van der Waals surface area (Å²) in [4.78, 5) is 8.67. The lowest BCUT2D eigenvalue weighted by atomic mass is 10.1. The van der Waals surface area contributed by atoms with Crippen LogP contribution < -0.4 is 10.6 Å². The molecule has 0 saturated heterocycles. The van der Waals surface area contributed by atoms with Crippen molar-refractivity contribution in [3.63, 3.8) is 0 Å². The number of aromatic nitrogens is 2. The van der Waals surface area contributed by atoms with E-state index in [2.05, 4.69) is 38.8 Å². The van der Waals surface area contributed by atoms with E-state index in [0.717, 1.165) is 22.5 Å². The second kappa shape index (κ2) is 8.93. The van der Waals surface area contributed by atoms with Crippen LogP contribution in [0.4, 0.5) is 0 Å². The van der Waals surface area contributed by atoms with Crippen LogP contribution in [0.1, 0.15) is 11.3 Å². The molecule has 0 radical (unpaired) electrons. The number of pyridine rings is 1. The molecule has 0 aliphatic heterocycles. The Bertz CT molecular complexity index is 935. The first-order chi connectivity index (χ1) is 13.1. The number of nitrogens with one attached hydrogen (secondary N) is 2. The minimum Gasteiger partial charge on any atom is -0.352 e. The first kappa shape index (κ1) is 19.3. The van der Waals surface area contributed by atoms with Crippen molar-refractivity contribution in [2.75, 3.05) is 7.05 Å². The van der Waals surface area contributed by atoms with E-state index in [1.165, 1.54) is 0 Å². The quantitative estimate of drug-likeness (QED) is 0.495. The smallest absolute Gasteiger partial charge is 0.191 e. The zero-order valence-electron chi connectivity index (χ0n) is 15.2. The Morgan fingerprint density at radius 1 is 1.07 bits per heavy atom. The lowest BCUT2D eigenvalue weighted by Crippen LogP contribution is -2.36. The van der Waals surface area contributed by atoms with Gasteiger partial charge in [-0.25, -0.2) is 0 Å². The third kappa shape index (κ3) is 4.81. The molecule has 0 bridgehead atoms. The van der Waals surface area contributed by atoms with E-state index in [-0.39, 0.29) is 0 Å². The number of guanidine groups is 1. The molecule has 2 N–H and O–H groups in total. The molecule has 0 saturated carbocycles. The van der Waals surface area contributed by atoms with Gasteiger partial charge >= 0.3 is 0 Å². The molecular weight excluding hydrogens is 381 g/mol. The lowest BCUT2D eigenvalue weighted by Gasteiger charge is -2.13. The van der Waals surface area contributed by atoms with Gasteiger partial charge in [0.15, 0.2) is 5.96 Å². The summed E-state index contributed by atoms with van der Waals surface area (Å²) in [5, 5.41) is 7.67. The maximum absolute atomic E-state index is 6.11. The first-order valence-electron chi connectivity index (χ1n) is 8.53. The number of nitrogens with zero attached hydrogens (tertiary/aromatic N) is 3. The van der Waals surface area contributed by atoms with Gasteiger partial charge in [-0.1, -0.05) is 47.5 Å². The van der Waals surface area contributed by atoms with E-state index in [9.17, 15) is 0 Å². The van der Waals surface area contributed by atoms with Crippen LogP contribution >= 0.6 is 23.2 Å². The predicted octanol–water partition coefficient (Wildman–Crippen LogP) is 4.26. The molecule has 0 unspecified atom stereocenters. The molecule has 5 nitrogen and oxygen atoms in total. The highest BCUT2D eigenvalue weighted by Gasteiger charge is 2.09. The van der Waals surface area contributed by atoms with E-state index in [0.29, 0.717) is 29.2 Å². The Labute approximate surface area is 169 Å². The van der Waals surface area contributed by atoms with Gasteiger partial charge in [0.05, 0.1) is 17.3 Å². The SMILES string of the molecule is CN=C(NCc1cccc(-c2ccccn2)c1)NCc1cc(Cl)c(Cl)n1C. The molecule has 140 valence electrons. The largest absolute Gasteiger partial charge is 0.352 e. The van der Waals surface area contributed by atoms with Gasteiger partial charge in [-0.2, -0.15) is 0 Å². The van der Waals surface area contributed by atoms with Gasteiger partial charge in [-0.3, -0.25) is 9.98 Å². The molecule has 0 aliphatic carbocycles. The van der Waals surface area contributed by atoms with E-state index in [1.54, 1.807) is 13.2 Å². The van der Waals surface area contributed by atoms with Crippen LogP contribution in [0.15, 0.2) is 59.7 Å². The summed E-state index contributed by atoms with van der Waals surface area (Å²) in [6, 6.07) is 16.0. The highest BCUT2D eigenvalue weighted by atomic mass is 35.5. The van der Waals surface area contributed by atoms with Crippen molar-refractivity contribution in [1.29, 1.82) is 0 Å². The third-order valence-electron chi connectivity index (χ3n) is 4.22. The monoisotopic (exact) mass is 401 g/mol. The fraction of sp³-hybridized carbons (Fsp3) is 0.200. The molecule has 0 atom stereocenters. The van der Waals surface area contributed by atoms with E-state index in [4.69, 9.17) is 23.2 Å². The van der Waals surface area contributed by atoms with Crippen LogP contribution in [0.3, 0.4) is 0 Å². The summed E-state index contributed by atoms with van der Waals surface area (Å²) in [5.74, 6) is 0.701. The Balaban J connectivity index is 1.60. The van der Waals surface area contributed by atoms with Gasteiger partial charge in [-0.15, -0.1) is 0 Å². The predicted molar refractivity (Wildman–Crippen MR) is 112 cm³/mol. The maximum Gasteiger partial charge on any atom is 0.191 e. The molecule has 0 spiro atoms. The average Bonchev–Trinajstić information content (AvgIpc) is 2.96. The number of benzene rings is 1. The maximum atomic E-state index is 6.11. The summed E-state index contributed by atoms with van der Waals surface area (Å²) in [6.45, 7) is 1.21. The Morgan fingerprint density at radius 2 is 1.89 bits per heavy atom. The molecule has 3 rings (SSSR count). The third-order valence-corrected chi connectivity index (χ3v) is 5.07. The van der Waals surface area contributed by atoms with Crippen molar-refractivity contribution in [2.24, 2.45) is 12.0 Å². The lowest BCUT2D eigenvalue weighted by molar-refractivity contribution is 0.750. The van der Waals surface area contributed by atoms with Gasteiger partial charge < -0.3 is 15.2 Å². The highest BCUT2D eigenvalue weighted by Crippen LogP contribution is 2.24. The Hall–Kier alpha value is -2.50. The van der Waals surface area contributed by atoms with E-state index >= 15 is 0 Å². The molecule has 7 heteroatoms. The first-order valence-corrected chi connectivity index (χ1v) is 9.28. The van der Waals surface area contributed by atoms with Crippen molar-refractivity contribution in [1.82, 2.24) is 20.2 Å². The molecule has 1 aromatic carbocycles. The van der Waals surface area contributed by atoms with Crippen LogP contribution in [-0.4, -0.2) is 22.6 Å². The van der Waals surface area contributed by atoms with Gasteiger partial charge in [0, 0.05) is 38.1 Å². The molecule has 2 aromatic heterocycles. The molecule has 2 heterocycles. The molecule has 3 aromatic rings. The summed E-state index contributed by atoms with van der Waals surface area (Å²) in [6.07, 6.45) is 1.80. The molecule has 0 fully saturated rings. The van der Waals surface area contributed by atoms with Crippen molar-refractivity contribution in [3.8, 4) is 11.3 Å². The van der Waals surface area contributed by atoms with Gasteiger partial charge in [0.1, 0.15) is 5.15 Å². The van der Waals surface area contributed by atoms with E-state index in [1.807, 2.05) is 41.9 Å². The second-order valence-corrected chi connectivity index (χ2v) is 6.79. The molecular formula is C20H21Cl2N5. The summed E-state index contributed by atoms with van der Waals surface area (Å²) >= 11 is 12.2. The van der Waals surface area contributed by atoms with E-state index < -0.39 is 0 Å².